The van der Waals surface area contributed by atoms with Crippen molar-refractivity contribution in [2.24, 2.45) is 10.9 Å². The Bertz CT molecular complexity index is 322. The zero-order valence-electron chi connectivity index (χ0n) is 6.18. The molecule has 5 heteroatoms. The van der Waals surface area contributed by atoms with Gasteiger partial charge >= 0.3 is 0 Å². The van der Waals surface area contributed by atoms with Crippen LogP contribution in [0.25, 0.3) is 0 Å². The van der Waals surface area contributed by atoms with E-state index in [2.05, 4.69) is 5.10 Å². The summed E-state index contributed by atoms with van der Waals surface area (Å²) in [4.78, 5) is 9.92. The lowest BCUT2D eigenvalue weighted by Gasteiger charge is -1.93. The number of hydrazone groups is 1. The first-order chi connectivity index (χ1) is 5.75. The van der Waals surface area contributed by atoms with Crippen LogP contribution in [-0.4, -0.2) is 11.1 Å². The van der Waals surface area contributed by atoms with E-state index in [4.69, 9.17) is 5.84 Å². The van der Waals surface area contributed by atoms with Crippen LogP contribution in [0, 0.1) is 10.1 Å². The quantitative estimate of drug-likeness (QED) is 0.305. The van der Waals surface area contributed by atoms with Crippen molar-refractivity contribution >= 4 is 11.9 Å². The predicted molar refractivity (Wildman–Crippen MR) is 44.9 cm³/mol. The average molecular weight is 165 g/mol. The molecule has 62 valence electrons. The molecule has 0 heterocycles. The van der Waals surface area contributed by atoms with Crippen LogP contribution in [0.15, 0.2) is 29.4 Å². The van der Waals surface area contributed by atoms with Crippen molar-refractivity contribution in [1.82, 2.24) is 0 Å². The topological polar surface area (TPSA) is 81.5 Å². The number of nitro benzene ring substituents is 1. The minimum atomic E-state index is -0.475. The van der Waals surface area contributed by atoms with E-state index in [1.54, 1.807) is 18.2 Å². The summed E-state index contributed by atoms with van der Waals surface area (Å²) in [7, 11) is 0. The molecule has 0 atom stereocenters. The maximum Gasteiger partial charge on any atom is 0.278 e. The number of hydrogen-bond donors (Lipinski definition) is 1. The van der Waals surface area contributed by atoms with Crippen LogP contribution in [0.4, 0.5) is 5.69 Å². The lowest BCUT2D eigenvalue weighted by atomic mass is 10.2. The molecule has 1 rings (SSSR count). The molecule has 0 radical (unpaired) electrons. The third kappa shape index (κ3) is 1.57. The number of rotatable bonds is 2. The standard InChI is InChI=1S/C7H7N3O2/c8-9-5-6-3-1-2-4-7(6)10(11)12/h1-5H,8H2/b9-5-. The Balaban J connectivity index is 3.17. The van der Waals surface area contributed by atoms with Gasteiger partial charge in [0.05, 0.1) is 16.7 Å². The molecule has 0 aliphatic rings. The highest BCUT2D eigenvalue weighted by molar-refractivity contribution is 5.84. The molecule has 5 nitrogen and oxygen atoms in total. The molecule has 0 spiro atoms. The van der Waals surface area contributed by atoms with Crippen LogP contribution in [-0.2, 0) is 0 Å². The minimum Gasteiger partial charge on any atom is -0.323 e. The smallest absolute Gasteiger partial charge is 0.278 e. The van der Waals surface area contributed by atoms with Gasteiger partial charge < -0.3 is 5.84 Å². The largest absolute Gasteiger partial charge is 0.323 e. The molecule has 1 aromatic carbocycles. The summed E-state index contributed by atoms with van der Waals surface area (Å²) in [5.74, 6) is 4.88. The third-order valence-corrected chi connectivity index (χ3v) is 1.35. The number of nitrogens with zero attached hydrogens (tertiary/aromatic N) is 2. The molecule has 0 aliphatic carbocycles. The van der Waals surface area contributed by atoms with E-state index in [0.29, 0.717) is 5.56 Å². The molecule has 0 unspecified atom stereocenters. The second kappa shape index (κ2) is 3.47. The Morgan fingerprint density at radius 2 is 2.17 bits per heavy atom. The van der Waals surface area contributed by atoms with Gasteiger partial charge in [-0.1, -0.05) is 12.1 Å². The lowest BCUT2D eigenvalue weighted by molar-refractivity contribution is -0.385. The van der Waals surface area contributed by atoms with Crippen LogP contribution in [0.2, 0.25) is 0 Å². The predicted octanol–water partition coefficient (Wildman–Crippen LogP) is 0.887. The monoisotopic (exact) mass is 165 g/mol. The molecule has 0 saturated carbocycles. The van der Waals surface area contributed by atoms with Crippen LogP contribution in [0.5, 0.6) is 0 Å². The number of nitro groups is 1. The molecule has 1 aromatic rings. The second-order valence-electron chi connectivity index (χ2n) is 2.09. The lowest BCUT2D eigenvalue weighted by Crippen LogP contribution is -1.94. The average Bonchev–Trinajstić information content (AvgIpc) is 2.05. The van der Waals surface area contributed by atoms with E-state index in [-0.39, 0.29) is 5.69 Å². The molecule has 0 fully saturated rings. The summed E-state index contributed by atoms with van der Waals surface area (Å²) in [6.45, 7) is 0. The number of nitrogens with two attached hydrogens (primary N) is 1. The van der Waals surface area contributed by atoms with E-state index in [1.807, 2.05) is 0 Å². The molecule has 0 aromatic heterocycles. The van der Waals surface area contributed by atoms with Gasteiger partial charge in [-0.2, -0.15) is 5.10 Å². The van der Waals surface area contributed by atoms with Gasteiger partial charge in [-0.05, 0) is 6.07 Å². The summed E-state index contributed by atoms with van der Waals surface area (Å²) in [5.41, 5.74) is 0.414. The van der Waals surface area contributed by atoms with Crippen molar-refractivity contribution in [2.45, 2.75) is 0 Å². The molecule has 2 N–H and O–H groups in total. The highest BCUT2D eigenvalue weighted by Gasteiger charge is 2.09. The summed E-state index contributed by atoms with van der Waals surface area (Å²) in [6.07, 6.45) is 1.25. The fourth-order valence-electron chi connectivity index (χ4n) is 0.843. The summed E-state index contributed by atoms with van der Waals surface area (Å²) >= 11 is 0. The number of hydrogen-bond acceptors (Lipinski definition) is 4. The van der Waals surface area contributed by atoms with Gasteiger partial charge in [-0.15, -0.1) is 0 Å². The Morgan fingerprint density at radius 3 is 2.75 bits per heavy atom. The van der Waals surface area contributed by atoms with E-state index in [9.17, 15) is 10.1 Å². The van der Waals surface area contributed by atoms with E-state index in [0.717, 1.165) is 0 Å². The van der Waals surface area contributed by atoms with E-state index < -0.39 is 4.92 Å². The van der Waals surface area contributed by atoms with Crippen molar-refractivity contribution in [2.75, 3.05) is 0 Å². The van der Waals surface area contributed by atoms with Crippen molar-refractivity contribution < 1.29 is 4.92 Å². The van der Waals surface area contributed by atoms with E-state index >= 15 is 0 Å². The molecule has 0 saturated heterocycles. The second-order valence-corrected chi connectivity index (χ2v) is 2.09. The Labute approximate surface area is 68.7 Å². The highest BCUT2D eigenvalue weighted by Crippen LogP contribution is 2.14. The van der Waals surface area contributed by atoms with Crippen LogP contribution in [0.1, 0.15) is 5.56 Å². The Hall–Kier alpha value is -1.91. The van der Waals surface area contributed by atoms with Gasteiger partial charge in [0, 0.05) is 6.07 Å². The van der Waals surface area contributed by atoms with Gasteiger partial charge in [-0.25, -0.2) is 0 Å². The Morgan fingerprint density at radius 1 is 1.50 bits per heavy atom. The zero-order valence-corrected chi connectivity index (χ0v) is 6.18. The third-order valence-electron chi connectivity index (χ3n) is 1.35. The first kappa shape index (κ1) is 8.19. The molecule has 0 aliphatic heterocycles. The summed E-state index contributed by atoms with van der Waals surface area (Å²) in [5, 5.41) is 13.6. The SMILES string of the molecule is N/N=C\c1ccccc1[N+](=O)[O-]. The molecule has 0 amide bonds. The number of para-hydroxylation sites is 1. The molecular weight excluding hydrogens is 158 g/mol. The maximum atomic E-state index is 10.4. The zero-order chi connectivity index (χ0) is 8.97. The fraction of sp³-hybridized carbons (Fsp3) is 0. The first-order valence-electron chi connectivity index (χ1n) is 3.22. The van der Waals surface area contributed by atoms with E-state index in [1.165, 1.54) is 12.3 Å². The van der Waals surface area contributed by atoms with Crippen molar-refractivity contribution in [3.63, 3.8) is 0 Å². The highest BCUT2D eigenvalue weighted by atomic mass is 16.6. The van der Waals surface area contributed by atoms with Gasteiger partial charge in [0.2, 0.25) is 0 Å². The minimum absolute atomic E-state index is 0.00620. The maximum absolute atomic E-state index is 10.4. The van der Waals surface area contributed by atoms with Crippen LogP contribution < -0.4 is 5.84 Å². The molecular formula is C7H7N3O2. The molecule has 0 bridgehead atoms. The Kier molecular flexibility index (Phi) is 2.37. The molecule has 12 heavy (non-hydrogen) atoms. The summed E-state index contributed by atoms with van der Waals surface area (Å²) < 4.78 is 0. The van der Waals surface area contributed by atoms with Crippen LogP contribution in [0.3, 0.4) is 0 Å². The summed E-state index contributed by atoms with van der Waals surface area (Å²) in [6, 6.07) is 6.25. The van der Waals surface area contributed by atoms with Crippen LogP contribution >= 0.6 is 0 Å². The fourth-order valence-corrected chi connectivity index (χ4v) is 0.843. The van der Waals surface area contributed by atoms with Gasteiger partial charge in [-0.3, -0.25) is 10.1 Å². The van der Waals surface area contributed by atoms with Gasteiger partial charge in [0.15, 0.2) is 0 Å². The van der Waals surface area contributed by atoms with Gasteiger partial charge in [0.25, 0.3) is 5.69 Å². The number of benzene rings is 1. The van der Waals surface area contributed by atoms with Gasteiger partial charge in [0.1, 0.15) is 0 Å². The first-order valence-corrected chi connectivity index (χ1v) is 3.22. The van der Waals surface area contributed by atoms with Crippen molar-refractivity contribution in [3.05, 3.63) is 39.9 Å². The normalized spacial score (nSPS) is 10.3. The van der Waals surface area contributed by atoms with Crippen molar-refractivity contribution in [3.8, 4) is 0 Å². The van der Waals surface area contributed by atoms with Crippen molar-refractivity contribution in [1.29, 1.82) is 0 Å².